The lowest BCUT2D eigenvalue weighted by molar-refractivity contribution is 0.373. The van der Waals surface area contributed by atoms with E-state index in [4.69, 9.17) is 9.84 Å². The molecule has 126 valence electrons. The maximum atomic E-state index is 9.11. The Balaban J connectivity index is 0.000000224. The molecule has 0 aromatic heterocycles. The molecule has 1 aromatic rings. The van der Waals surface area contributed by atoms with Crippen molar-refractivity contribution in [2.45, 2.75) is 6.92 Å². The van der Waals surface area contributed by atoms with Crippen molar-refractivity contribution < 1.29 is 9.84 Å². The third kappa shape index (κ3) is 8.84. The summed E-state index contributed by atoms with van der Waals surface area (Å²) in [4.78, 5) is 0. The van der Waals surface area contributed by atoms with Crippen LogP contribution in [0.25, 0.3) is 0 Å². The van der Waals surface area contributed by atoms with Crippen LogP contribution in [0.15, 0.2) is 18.2 Å². The van der Waals surface area contributed by atoms with Gasteiger partial charge in [0.15, 0.2) is 11.5 Å². The van der Waals surface area contributed by atoms with Gasteiger partial charge in [0.25, 0.3) is 0 Å². The normalized spacial score (nSPS) is 17.4. The number of ether oxygens (including phenoxy) is 1. The van der Waals surface area contributed by atoms with Crippen molar-refractivity contribution >= 4 is 0 Å². The van der Waals surface area contributed by atoms with Gasteiger partial charge in [-0.2, -0.15) is 0 Å². The molecule has 1 saturated heterocycles. The van der Waals surface area contributed by atoms with Gasteiger partial charge in [-0.25, -0.2) is 0 Å². The number of phenolic OH excluding ortho intramolecular Hbond substituents is 1. The molecule has 1 aliphatic heterocycles. The van der Waals surface area contributed by atoms with Crippen LogP contribution in [0.2, 0.25) is 0 Å². The predicted octanol–water partition coefficient (Wildman–Crippen LogP) is 0.0676. The third-order valence-electron chi connectivity index (χ3n) is 3.25. The zero-order valence-corrected chi connectivity index (χ0v) is 13.7. The van der Waals surface area contributed by atoms with Crippen LogP contribution in [0, 0.1) is 6.92 Å². The lowest BCUT2D eigenvalue weighted by atomic mass is 10.2. The van der Waals surface area contributed by atoms with Crippen LogP contribution >= 0.6 is 0 Å². The second-order valence-corrected chi connectivity index (χ2v) is 5.18. The molecule has 1 heterocycles. The Kier molecular flexibility index (Phi) is 10.4. The number of hydrogen-bond donors (Lipinski definition) is 5. The Morgan fingerprint density at radius 2 is 1.23 bits per heavy atom. The Morgan fingerprint density at radius 3 is 1.55 bits per heavy atom. The van der Waals surface area contributed by atoms with Crippen LogP contribution in [0.4, 0.5) is 0 Å². The van der Waals surface area contributed by atoms with Crippen molar-refractivity contribution in [1.29, 1.82) is 0 Å². The molecule has 0 amide bonds. The number of nitrogens with one attached hydrogen (secondary N) is 4. The number of benzene rings is 1. The van der Waals surface area contributed by atoms with Crippen molar-refractivity contribution in [3.63, 3.8) is 0 Å². The minimum absolute atomic E-state index is 0.188. The van der Waals surface area contributed by atoms with Gasteiger partial charge < -0.3 is 31.1 Å². The van der Waals surface area contributed by atoms with Crippen LogP contribution in [-0.4, -0.2) is 64.6 Å². The van der Waals surface area contributed by atoms with E-state index < -0.39 is 0 Å². The first-order valence-electron chi connectivity index (χ1n) is 7.90. The van der Waals surface area contributed by atoms with E-state index in [1.165, 1.54) is 7.11 Å². The maximum absolute atomic E-state index is 9.11. The highest BCUT2D eigenvalue weighted by Crippen LogP contribution is 2.25. The molecule has 1 fully saturated rings. The van der Waals surface area contributed by atoms with Gasteiger partial charge >= 0.3 is 0 Å². The quantitative estimate of drug-likeness (QED) is 0.505. The summed E-state index contributed by atoms with van der Waals surface area (Å²) >= 11 is 0. The molecule has 6 heteroatoms. The molecule has 22 heavy (non-hydrogen) atoms. The number of aryl methyl sites for hydroxylation is 1. The fraction of sp³-hybridized carbons (Fsp3) is 0.625. The van der Waals surface area contributed by atoms with E-state index in [0.29, 0.717) is 5.75 Å². The minimum atomic E-state index is 0.188. The van der Waals surface area contributed by atoms with Crippen molar-refractivity contribution in [2.24, 2.45) is 0 Å². The molecule has 0 radical (unpaired) electrons. The average molecular weight is 310 g/mol. The monoisotopic (exact) mass is 310 g/mol. The maximum Gasteiger partial charge on any atom is 0.160 e. The number of hydrogen-bond acceptors (Lipinski definition) is 6. The van der Waals surface area contributed by atoms with Gasteiger partial charge in [0.05, 0.1) is 7.11 Å². The topological polar surface area (TPSA) is 77.6 Å². The van der Waals surface area contributed by atoms with Crippen LogP contribution in [-0.2, 0) is 0 Å². The number of rotatable bonds is 1. The zero-order chi connectivity index (χ0) is 16.0. The van der Waals surface area contributed by atoms with Crippen LogP contribution in [0.3, 0.4) is 0 Å². The molecule has 0 aliphatic carbocycles. The number of methoxy groups -OCH3 is 1. The number of phenols is 1. The molecule has 0 saturated carbocycles. The van der Waals surface area contributed by atoms with Gasteiger partial charge in [0.2, 0.25) is 0 Å². The molecule has 1 aromatic carbocycles. The molecule has 0 unspecified atom stereocenters. The summed E-state index contributed by atoms with van der Waals surface area (Å²) in [6.45, 7) is 10.5. The van der Waals surface area contributed by atoms with E-state index >= 15 is 0 Å². The lowest BCUT2D eigenvalue weighted by Crippen LogP contribution is -2.39. The Morgan fingerprint density at radius 1 is 0.818 bits per heavy atom. The van der Waals surface area contributed by atoms with Gasteiger partial charge in [0.1, 0.15) is 0 Å². The summed E-state index contributed by atoms with van der Waals surface area (Å²) in [6.07, 6.45) is 0. The highest BCUT2D eigenvalue weighted by Gasteiger charge is 1.98. The zero-order valence-electron chi connectivity index (χ0n) is 13.7. The number of aromatic hydroxyl groups is 1. The smallest absolute Gasteiger partial charge is 0.160 e. The third-order valence-corrected chi connectivity index (χ3v) is 3.25. The second kappa shape index (κ2) is 12.2. The molecular weight excluding hydrogens is 280 g/mol. The van der Waals surface area contributed by atoms with Crippen LogP contribution in [0.5, 0.6) is 11.5 Å². The van der Waals surface area contributed by atoms with Crippen molar-refractivity contribution in [3.05, 3.63) is 23.8 Å². The fourth-order valence-electron chi connectivity index (χ4n) is 1.99. The van der Waals surface area contributed by atoms with Crippen LogP contribution in [0.1, 0.15) is 5.56 Å². The molecule has 6 nitrogen and oxygen atoms in total. The summed E-state index contributed by atoms with van der Waals surface area (Å²) in [6, 6.07) is 5.24. The van der Waals surface area contributed by atoms with Crippen molar-refractivity contribution in [3.8, 4) is 11.5 Å². The van der Waals surface area contributed by atoms with Crippen molar-refractivity contribution in [2.75, 3.05) is 59.5 Å². The van der Waals surface area contributed by atoms with E-state index in [9.17, 15) is 0 Å². The fourth-order valence-corrected chi connectivity index (χ4v) is 1.99. The first kappa shape index (κ1) is 18.7. The van der Waals surface area contributed by atoms with E-state index in [1.807, 2.05) is 13.0 Å². The molecular formula is C16H30N4O2. The molecule has 0 spiro atoms. The van der Waals surface area contributed by atoms with Gasteiger partial charge in [-0.3, -0.25) is 0 Å². The highest BCUT2D eigenvalue weighted by atomic mass is 16.5. The summed E-state index contributed by atoms with van der Waals surface area (Å²) in [5.74, 6) is 0.716. The first-order chi connectivity index (χ1) is 10.7. The molecule has 2 rings (SSSR count). The van der Waals surface area contributed by atoms with E-state index in [2.05, 4.69) is 21.3 Å². The summed E-state index contributed by atoms with van der Waals surface area (Å²) < 4.78 is 4.88. The molecule has 1 aliphatic rings. The summed E-state index contributed by atoms with van der Waals surface area (Å²) in [5.41, 5.74) is 1.08. The SMILES string of the molecule is C1CNCCNCCNCCN1.COc1cc(C)ccc1O. The van der Waals surface area contributed by atoms with Gasteiger partial charge in [-0.1, -0.05) is 6.07 Å². The molecule has 0 bridgehead atoms. The van der Waals surface area contributed by atoms with Crippen LogP contribution < -0.4 is 26.0 Å². The van der Waals surface area contributed by atoms with Crippen molar-refractivity contribution in [1.82, 2.24) is 21.3 Å². The first-order valence-corrected chi connectivity index (χ1v) is 7.90. The van der Waals surface area contributed by atoms with Gasteiger partial charge in [-0.05, 0) is 24.6 Å². The molecule has 5 N–H and O–H groups in total. The lowest BCUT2D eigenvalue weighted by Gasteiger charge is -2.11. The minimum Gasteiger partial charge on any atom is -0.504 e. The predicted molar refractivity (Wildman–Crippen MR) is 90.9 cm³/mol. The second-order valence-electron chi connectivity index (χ2n) is 5.18. The van der Waals surface area contributed by atoms with Gasteiger partial charge in [-0.15, -0.1) is 0 Å². The molecule has 0 atom stereocenters. The van der Waals surface area contributed by atoms with E-state index in [1.54, 1.807) is 12.1 Å². The summed E-state index contributed by atoms with van der Waals surface area (Å²) in [7, 11) is 1.54. The van der Waals surface area contributed by atoms with E-state index in [0.717, 1.165) is 57.9 Å². The van der Waals surface area contributed by atoms with Gasteiger partial charge in [0, 0.05) is 52.4 Å². The van der Waals surface area contributed by atoms with E-state index in [-0.39, 0.29) is 5.75 Å². The Bertz CT molecular complexity index is 359. The average Bonchev–Trinajstić information content (AvgIpc) is 2.51. The Hall–Kier alpha value is -1.34. The highest BCUT2D eigenvalue weighted by molar-refractivity contribution is 5.41. The largest absolute Gasteiger partial charge is 0.504 e. The summed E-state index contributed by atoms with van der Waals surface area (Å²) in [5, 5.41) is 22.5. The standard InChI is InChI=1S/C8H20N4.C8H10O2/c1-2-10-5-6-12-8-7-11-4-3-9-1;1-6-3-4-7(9)8(5-6)10-2/h9-12H,1-8H2;3-5,9H,1-2H3. The Labute approximate surface area is 133 Å².